The molecule has 1 saturated heterocycles. The molecular weight excluding hydrogens is 388 g/mol. The lowest BCUT2D eigenvalue weighted by atomic mass is 9.84. The Bertz CT molecular complexity index is 1380. The van der Waals surface area contributed by atoms with Gasteiger partial charge in [-0.15, -0.1) is 0 Å². The Balaban J connectivity index is 1.38. The Morgan fingerprint density at radius 2 is 2.00 bits per heavy atom. The SMILES string of the molecule is Cc1cn2nc(-c3cc(=O)n4cc(C5CCC6(CCNC6)C5)ccc4n3)cc2c(C)n1. The lowest BCUT2D eigenvalue weighted by Gasteiger charge is -2.21. The molecule has 5 heterocycles. The summed E-state index contributed by atoms with van der Waals surface area (Å²) < 4.78 is 3.50. The van der Waals surface area contributed by atoms with Crippen LogP contribution in [-0.4, -0.2) is 37.1 Å². The third-order valence-corrected chi connectivity index (χ3v) is 7.21. The van der Waals surface area contributed by atoms with Gasteiger partial charge in [-0.3, -0.25) is 14.2 Å². The molecule has 4 aromatic heterocycles. The Morgan fingerprint density at radius 1 is 1.10 bits per heavy atom. The summed E-state index contributed by atoms with van der Waals surface area (Å²) >= 11 is 0. The van der Waals surface area contributed by atoms with E-state index >= 15 is 0 Å². The average molecular weight is 415 g/mol. The third-order valence-electron chi connectivity index (χ3n) is 7.21. The van der Waals surface area contributed by atoms with E-state index in [2.05, 4.69) is 21.5 Å². The zero-order chi connectivity index (χ0) is 21.2. The summed E-state index contributed by atoms with van der Waals surface area (Å²) in [6.45, 7) is 6.18. The monoisotopic (exact) mass is 414 g/mol. The van der Waals surface area contributed by atoms with Crippen LogP contribution in [0.3, 0.4) is 0 Å². The van der Waals surface area contributed by atoms with Gasteiger partial charge in [-0.2, -0.15) is 5.10 Å². The van der Waals surface area contributed by atoms with E-state index in [4.69, 9.17) is 4.98 Å². The molecule has 2 unspecified atom stereocenters. The van der Waals surface area contributed by atoms with E-state index < -0.39 is 0 Å². The number of aryl methyl sites for hydroxylation is 2. The maximum Gasteiger partial charge on any atom is 0.258 e. The summed E-state index contributed by atoms with van der Waals surface area (Å²) in [5, 5.41) is 8.16. The molecule has 0 bridgehead atoms. The summed E-state index contributed by atoms with van der Waals surface area (Å²) in [5.74, 6) is 0.521. The molecular formula is C24H26N6O. The van der Waals surface area contributed by atoms with Gasteiger partial charge < -0.3 is 5.32 Å². The Kier molecular flexibility index (Phi) is 4.05. The number of nitrogens with zero attached hydrogens (tertiary/aromatic N) is 5. The molecule has 2 atom stereocenters. The zero-order valence-corrected chi connectivity index (χ0v) is 17.9. The zero-order valence-electron chi connectivity index (χ0n) is 17.9. The summed E-state index contributed by atoms with van der Waals surface area (Å²) in [4.78, 5) is 22.2. The van der Waals surface area contributed by atoms with Crippen LogP contribution in [0, 0.1) is 19.3 Å². The number of hydrogen-bond acceptors (Lipinski definition) is 5. The molecule has 1 spiro atoms. The summed E-state index contributed by atoms with van der Waals surface area (Å²) in [7, 11) is 0. The second kappa shape index (κ2) is 6.72. The molecule has 0 radical (unpaired) electrons. The van der Waals surface area contributed by atoms with Gasteiger partial charge in [0.2, 0.25) is 0 Å². The van der Waals surface area contributed by atoms with Crippen LogP contribution in [0.25, 0.3) is 22.6 Å². The van der Waals surface area contributed by atoms with Crippen LogP contribution in [-0.2, 0) is 0 Å². The van der Waals surface area contributed by atoms with Crippen LogP contribution < -0.4 is 10.9 Å². The first-order valence-electron chi connectivity index (χ1n) is 11.1. The highest BCUT2D eigenvalue weighted by molar-refractivity contribution is 5.66. The predicted molar refractivity (Wildman–Crippen MR) is 119 cm³/mol. The van der Waals surface area contributed by atoms with Crippen LogP contribution in [0.4, 0.5) is 0 Å². The van der Waals surface area contributed by atoms with Gasteiger partial charge in [0.05, 0.1) is 28.8 Å². The second-order valence-electron chi connectivity index (χ2n) is 9.36. The van der Waals surface area contributed by atoms with Crippen molar-refractivity contribution in [2.24, 2.45) is 5.41 Å². The minimum absolute atomic E-state index is 0.0693. The smallest absolute Gasteiger partial charge is 0.258 e. The topological polar surface area (TPSA) is 76.6 Å². The molecule has 158 valence electrons. The molecule has 4 aromatic rings. The van der Waals surface area contributed by atoms with E-state index in [9.17, 15) is 4.79 Å². The third kappa shape index (κ3) is 3.07. The highest BCUT2D eigenvalue weighted by Crippen LogP contribution is 2.49. The first-order valence-corrected chi connectivity index (χ1v) is 11.1. The molecule has 6 rings (SSSR count). The predicted octanol–water partition coefficient (Wildman–Crippen LogP) is 3.27. The number of pyridine rings is 1. The second-order valence-corrected chi connectivity index (χ2v) is 9.36. The first-order chi connectivity index (χ1) is 15.0. The van der Waals surface area contributed by atoms with Crippen LogP contribution in [0.15, 0.2) is 41.5 Å². The average Bonchev–Trinajstić information content (AvgIpc) is 3.48. The number of fused-ring (bicyclic) bond motifs is 2. The van der Waals surface area contributed by atoms with E-state index in [0.717, 1.165) is 30.0 Å². The lowest BCUT2D eigenvalue weighted by molar-refractivity contribution is 0.331. The molecule has 0 aromatic carbocycles. The summed E-state index contributed by atoms with van der Waals surface area (Å²) in [5.41, 5.74) is 6.31. The van der Waals surface area contributed by atoms with Crippen molar-refractivity contribution in [1.82, 2.24) is 29.3 Å². The van der Waals surface area contributed by atoms with E-state index in [1.807, 2.05) is 42.9 Å². The largest absolute Gasteiger partial charge is 0.316 e. The van der Waals surface area contributed by atoms with Crippen molar-refractivity contribution in [2.45, 2.75) is 45.4 Å². The number of nitrogens with one attached hydrogen (secondary N) is 1. The Morgan fingerprint density at radius 3 is 2.84 bits per heavy atom. The van der Waals surface area contributed by atoms with Gasteiger partial charge in [0.15, 0.2) is 0 Å². The fraction of sp³-hybridized carbons (Fsp3) is 0.417. The highest BCUT2D eigenvalue weighted by atomic mass is 16.1. The van der Waals surface area contributed by atoms with E-state index in [-0.39, 0.29) is 5.56 Å². The van der Waals surface area contributed by atoms with Gasteiger partial charge in [0.1, 0.15) is 11.3 Å². The van der Waals surface area contributed by atoms with Crippen molar-refractivity contribution in [2.75, 3.05) is 13.1 Å². The Labute approximate surface area is 180 Å². The van der Waals surface area contributed by atoms with Crippen LogP contribution in [0.5, 0.6) is 0 Å². The number of hydrogen-bond donors (Lipinski definition) is 1. The van der Waals surface area contributed by atoms with Gasteiger partial charge in [0, 0.05) is 18.8 Å². The van der Waals surface area contributed by atoms with Crippen molar-refractivity contribution >= 4 is 11.2 Å². The number of rotatable bonds is 2. The van der Waals surface area contributed by atoms with Gasteiger partial charge >= 0.3 is 0 Å². The Hall–Kier alpha value is -3.06. The quantitative estimate of drug-likeness (QED) is 0.545. The molecule has 2 aliphatic rings. The van der Waals surface area contributed by atoms with Crippen molar-refractivity contribution in [3.63, 3.8) is 0 Å². The van der Waals surface area contributed by atoms with E-state index in [0.29, 0.717) is 28.4 Å². The molecule has 0 amide bonds. The van der Waals surface area contributed by atoms with Crippen molar-refractivity contribution < 1.29 is 0 Å². The maximum absolute atomic E-state index is 13.0. The standard InChI is InChI=1S/C24H26N6O/c1-15-12-30-21(16(2)26-15)9-20(28-30)19-10-23(31)29-13-18(3-4-22(29)27-19)17-5-6-24(11-17)7-8-25-14-24/h3-4,9-10,12-13,17,25H,5-8,11,14H2,1-2H3. The van der Waals surface area contributed by atoms with E-state index in [1.54, 1.807) is 10.5 Å². The van der Waals surface area contributed by atoms with Gasteiger partial charge in [-0.05, 0) is 75.1 Å². The van der Waals surface area contributed by atoms with Crippen molar-refractivity contribution in [1.29, 1.82) is 0 Å². The molecule has 1 saturated carbocycles. The minimum Gasteiger partial charge on any atom is -0.316 e. The molecule has 1 N–H and O–H groups in total. The fourth-order valence-electron chi connectivity index (χ4n) is 5.58. The number of aromatic nitrogens is 5. The van der Waals surface area contributed by atoms with Crippen LogP contribution >= 0.6 is 0 Å². The van der Waals surface area contributed by atoms with Crippen LogP contribution in [0.2, 0.25) is 0 Å². The lowest BCUT2D eigenvalue weighted by Crippen LogP contribution is -2.20. The molecule has 1 aliphatic carbocycles. The molecule has 7 heteroatoms. The summed E-state index contributed by atoms with van der Waals surface area (Å²) in [6.07, 6.45) is 8.84. The molecule has 7 nitrogen and oxygen atoms in total. The highest BCUT2D eigenvalue weighted by Gasteiger charge is 2.41. The van der Waals surface area contributed by atoms with Gasteiger partial charge in [-0.1, -0.05) is 6.07 Å². The minimum atomic E-state index is -0.0693. The fourth-order valence-corrected chi connectivity index (χ4v) is 5.58. The van der Waals surface area contributed by atoms with Gasteiger partial charge in [-0.25, -0.2) is 9.50 Å². The summed E-state index contributed by atoms with van der Waals surface area (Å²) in [6, 6.07) is 7.66. The van der Waals surface area contributed by atoms with Gasteiger partial charge in [0.25, 0.3) is 5.56 Å². The molecule has 1 aliphatic heterocycles. The van der Waals surface area contributed by atoms with Crippen molar-refractivity contribution in [3.05, 3.63) is 64.0 Å². The molecule has 2 fully saturated rings. The van der Waals surface area contributed by atoms with Crippen molar-refractivity contribution in [3.8, 4) is 11.4 Å². The maximum atomic E-state index is 13.0. The molecule has 31 heavy (non-hydrogen) atoms. The first kappa shape index (κ1) is 18.7. The normalized spacial score (nSPS) is 23.5. The van der Waals surface area contributed by atoms with E-state index in [1.165, 1.54) is 31.2 Å². The van der Waals surface area contributed by atoms with Crippen LogP contribution in [0.1, 0.15) is 48.6 Å².